The third kappa shape index (κ3) is 5.23. The first-order valence-corrected chi connectivity index (χ1v) is 10.7. The van der Waals surface area contributed by atoms with E-state index in [-0.39, 0.29) is 5.91 Å². The van der Waals surface area contributed by atoms with Gasteiger partial charge in [-0.2, -0.15) is 0 Å². The van der Waals surface area contributed by atoms with Gasteiger partial charge in [-0.1, -0.05) is 78.3 Å². The SMILES string of the molecule is O=C(/C=C/c1cccc(Cl)c1)NCc1ccc(-c2nc(-c3ccccc3)cs2)cc1. The summed E-state index contributed by atoms with van der Waals surface area (Å²) >= 11 is 7.58. The van der Waals surface area contributed by atoms with Gasteiger partial charge in [0.2, 0.25) is 5.91 Å². The van der Waals surface area contributed by atoms with Crippen molar-refractivity contribution in [2.24, 2.45) is 0 Å². The number of carbonyl (C=O) groups is 1. The summed E-state index contributed by atoms with van der Waals surface area (Å²) in [6.45, 7) is 0.464. The Bertz CT molecular complexity index is 1170. The van der Waals surface area contributed by atoms with Gasteiger partial charge in [0.1, 0.15) is 5.01 Å². The molecule has 4 aromatic rings. The van der Waals surface area contributed by atoms with Gasteiger partial charge in [0.05, 0.1) is 5.69 Å². The fourth-order valence-electron chi connectivity index (χ4n) is 2.94. The minimum atomic E-state index is -0.147. The van der Waals surface area contributed by atoms with Gasteiger partial charge in [0, 0.05) is 34.2 Å². The summed E-state index contributed by atoms with van der Waals surface area (Å²) in [7, 11) is 0. The summed E-state index contributed by atoms with van der Waals surface area (Å²) in [5, 5.41) is 6.60. The molecule has 4 rings (SSSR count). The first kappa shape index (κ1) is 20.1. The van der Waals surface area contributed by atoms with E-state index in [4.69, 9.17) is 16.6 Å². The van der Waals surface area contributed by atoms with Gasteiger partial charge in [0.15, 0.2) is 0 Å². The van der Waals surface area contributed by atoms with E-state index in [2.05, 4.69) is 22.8 Å². The first-order valence-electron chi connectivity index (χ1n) is 9.49. The maximum absolute atomic E-state index is 12.1. The number of rotatable bonds is 6. The number of hydrogen-bond donors (Lipinski definition) is 1. The molecule has 0 aliphatic rings. The monoisotopic (exact) mass is 430 g/mol. The molecule has 148 valence electrons. The maximum Gasteiger partial charge on any atom is 0.244 e. The van der Waals surface area contributed by atoms with Gasteiger partial charge in [0.25, 0.3) is 0 Å². The van der Waals surface area contributed by atoms with Crippen LogP contribution in [0.5, 0.6) is 0 Å². The lowest BCUT2D eigenvalue weighted by molar-refractivity contribution is -0.116. The molecule has 0 unspecified atom stereocenters. The van der Waals surface area contributed by atoms with Crippen LogP contribution in [-0.4, -0.2) is 10.9 Å². The van der Waals surface area contributed by atoms with Crippen LogP contribution in [0.25, 0.3) is 27.9 Å². The molecule has 0 spiro atoms. The van der Waals surface area contributed by atoms with Crippen molar-refractivity contribution in [2.75, 3.05) is 0 Å². The van der Waals surface area contributed by atoms with Gasteiger partial charge in [-0.15, -0.1) is 11.3 Å². The predicted octanol–water partition coefficient (Wildman–Crippen LogP) is 6.46. The van der Waals surface area contributed by atoms with E-state index in [1.54, 1.807) is 23.5 Å². The van der Waals surface area contributed by atoms with Crippen LogP contribution in [0.1, 0.15) is 11.1 Å². The molecular weight excluding hydrogens is 412 g/mol. The lowest BCUT2D eigenvalue weighted by Crippen LogP contribution is -2.20. The molecule has 0 atom stereocenters. The van der Waals surface area contributed by atoms with Crippen molar-refractivity contribution < 1.29 is 4.79 Å². The van der Waals surface area contributed by atoms with E-state index in [1.807, 2.05) is 60.7 Å². The van der Waals surface area contributed by atoms with Crippen LogP contribution in [0.3, 0.4) is 0 Å². The Kier molecular flexibility index (Phi) is 6.38. The number of nitrogens with one attached hydrogen (secondary N) is 1. The highest BCUT2D eigenvalue weighted by molar-refractivity contribution is 7.13. The number of carbonyl (C=O) groups excluding carboxylic acids is 1. The average molecular weight is 431 g/mol. The van der Waals surface area contributed by atoms with Crippen LogP contribution in [0.2, 0.25) is 5.02 Å². The Morgan fingerprint density at radius 1 is 0.967 bits per heavy atom. The zero-order valence-corrected chi connectivity index (χ0v) is 17.7. The Morgan fingerprint density at radius 2 is 1.77 bits per heavy atom. The van der Waals surface area contributed by atoms with Gasteiger partial charge < -0.3 is 5.32 Å². The van der Waals surface area contributed by atoms with E-state index in [9.17, 15) is 4.79 Å². The zero-order chi connectivity index (χ0) is 20.8. The zero-order valence-electron chi connectivity index (χ0n) is 16.1. The molecule has 0 aliphatic carbocycles. The molecule has 0 saturated heterocycles. The molecule has 0 fully saturated rings. The van der Waals surface area contributed by atoms with Gasteiger partial charge in [-0.25, -0.2) is 4.98 Å². The van der Waals surface area contributed by atoms with Crippen LogP contribution in [-0.2, 0) is 11.3 Å². The molecule has 1 aromatic heterocycles. The fraction of sp³-hybridized carbons (Fsp3) is 0.0400. The maximum atomic E-state index is 12.1. The normalized spacial score (nSPS) is 11.0. The quantitative estimate of drug-likeness (QED) is 0.356. The smallest absolute Gasteiger partial charge is 0.244 e. The topological polar surface area (TPSA) is 42.0 Å². The van der Waals surface area contributed by atoms with Gasteiger partial charge in [-0.3, -0.25) is 4.79 Å². The summed E-state index contributed by atoms with van der Waals surface area (Å²) in [5.74, 6) is -0.147. The lowest BCUT2D eigenvalue weighted by Gasteiger charge is -2.04. The molecule has 1 amide bonds. The van der Waals surface area contributed by atoms with Crippen molar-refractivity contribution in [3.05, 3.63) is 106 Å². The molecule has 3 nitrogen and oxygen atoms in total. The van der Waals surface area contributed by atoms with E-state index < -0.39 is 0 Å². The third-order valence-corrected chi connectivity index (χ3v) is 5.64. The Hall–Kier alpha value is -3.21. The van der Waals surface area contributed by atoms with Crippen LogP contribution < -0.4 is 5.32 Å². The average Bonchev–Trinajstić information content (AvgIpc) is 3.28. The minimum Gasteiger partial charge on any atom is -0.348 e. The second-order valence-electron chi connectivity index (χ2n) is 6.71. The molecule has 1 N–H and O–H groups in total. The van der Waals surface area contributed by atoms with Crippen molar-refractivity contribution in [3.63, 3.8) is 0 Å². The van der Waals surface area contributed by atoms with Crippen LogP contribution in [0.15, 0.2) is 90.3 Å². The molecule has 3 aromatic carbocycles. The number of halogens is 1. The van der Waals surface area contributed by atoms with Crippen LogP contribution >= 0.6 is 22.9 Å². The van der Waals surface area contributed by atoms with E-state index in [0.717, 1.165) is 33.0 Å². The molecule has 5 heteroatoms. The molecule has 1 heterocycles. The number of amides is 1. The fourth-order valence-corrected chi connectivity index (χ4v) is 3.98. The Labute approximate surface area is 184 Å². The van der Waals surface area contributed by atoms with E-state index in [1.165, 1.54) is 6.08 Å². The molecule has 0 saturated carbocycles. The van der Waals surface area contributed by atoms with Gasteiger partial charge >= 0.3 is 0 Å². The van der Waals surface area contributed by atoms with Crippen molar-refractivity contribution in [1.82, 2.24) is 10.3 Å². The number of hydrogen-bond acceptors (Lipinski definition) is 3. The van der Waals surface area contributed by atoms with Crippen molar-refractivity contribution in [3.8, 4) is 21.8 Å². The number of benzene rings is 3. The predicted molar refractivity (Wildman–Crippen MR) is 125 cm³/mol. The largest absolute Gasteiger partial charge is 0.348 e. The van der Waals surface area contributed by atoms with Crippen LogP contribution in [0.4, 0.5) is 0 Å². The molecule has 0 aliphatic heterocycles. The summed E-state index contributed by atoms with van der Waals surface area (Å²) in [5.41, 5.74) is 5.09. The second-order valence-corrected chi connectivity index (χ2v) is 8.00. The standard InChI is InChI=1S/C25H19ClN2OS/c26-22-8-4-5-18(15-22)11-14-24(29)27-16-19-9-12-21(13-10-19)25-28-23(17-30-25)20-6-2-1-3-7-20/h1-15,17H,16H2,(H,27,29)/b14-11+. The highest BCUT2D eigenvalue weighted by Crippen LogP contribution is 2.28. The summed E-state index contributed by atoms with van der Waals surface area (Å²) in [6, 6.07) is 25.6. The molecule has 30 heavy (non-hydrogen) atoms. The summed E-state index contributed by atoms with van der Waals surface area (Å²) in [6.07, 6.45) is 3.26. The van der Waals surface area contributed by atoms with Crippen molar-refractivity contribution in [1.29, 1.82) is 0 Å². The van der Waals surface area contributed by atoms with Gasteiger partial charge in [-0.05, 0) is 29.3 Å². The van der Waals surface area contributed by atoms with E-state index >= 15 is 0 Å². The minimum absolute atomic E-state index is 0.147. The third-order valence-electron chi connectivity index (χ3n) is 4.52. The van der Waals surface area contributed by atoms with E-state index in [0.29, 0.717) is 11.6 Å². The number of thiazole rings is 1. The summed E-state index contributed by atoms with van der Waals surface area (Å²) in [4.78, 5) is 16.8. The number of aromatic nitrogens is 1. The Morgan fingerprint density at radius 3 is 2.53 bits per heavy atom. The number of nitrogens with zero attached hydrogens (tertiary/aromatic N) is 1. The lowest BCUT2D eigenvalue weighted by atomic mass is 10.1. The summed E-state index contributed by atoms with van der Waals surface area (Å²) < 4.78 is 0. The highest BCUT2D eigenvalue weighted by Gasteiger charge is 2.07. The first-order chi connectivity index (χ1) is 14.7. The molecule has 0 bridgehead atoms. The second kappa shape index (κ2) is 9.53. The van der Waals surface area contributed by atoms with Crippen molar-refractivity contribution in [2.45, 2.75) is 6.54 Å². The molecule has 0 radical (unpaired) electrons. The Balaban J connectivity index is 1.35. The highest BCUT2D eigenvalue weighted by atomic mass is 35.5. The van der Waals surface area contributed by atoms with Crippen LogP contribution in [0, 0.1) is 0 Å². The van der Waals surface area contributed by atoms with Crippen molar-refractivity contribution >= 4 is 34.9 Å². The molecular formula is C25H19ClN2OS.